The molecule has 0 fully saturated rings. The van der Waals surface area contributed by atoms with E-state index in [1.807, 2.05) is 121 Å². The summed E-state index contributed by atoms with van der Waals surface area (Å²) in [5, 5.41) is 6.13. The Hall–Kier alpha value is -4.54. The van der Waals surface area contributed by atoms with Gasteiger partial charge < -0.3 is 20.4 Å². The lowest BCUT2D eigenvalue weighted by Crippen LogP contribution is -2.50. The van der Waals surface area contributed by atoms with Crippen LogP contribution in [0.15, 0.2) is 121 Å². The highest BCUT2D eigenvalue weighted by Crippen LogP contribution is 2.26. The van der Waals surface area contributed by atoms with Gasteiger partial charge in [0.2, 0.25) is 23.6 Å². The van der Waals surface area contributed by atoms with Crippen molar-refractivity contribution in [3.8, 4) is 0 Å². The third-order valence-electron chi connectivity index (χ3n) is 9.32. The van der Waals surface area contributed by atoms with Gasteiger partial charge in [0.1, 0.15) is 12.1 Å². The highest BCUT2D eigenvalue weighted by Gasteiger charge is 2.29. The lowest BCUT2D eigenvalue weighted by atomic mass is 10.1. The van der Waals surface area contributed by atoms with Crippen molar-refractivity contribution in [2.24, 2.45) is 0 Å². The quantitative estimate of drug-likeness (QED) is 0.0514. The highest BCUT2D eigenvalue weighted by molar-refractivity contribution is 8.76. The first-order chi connectivity index (χ1) is 27.4. The maximum absolute atomic E-state index is 14.4. The van der Waals surface area contributed by atoms with Crippen LogP contribution in [0.3, 0.4) is 0 Å². The van der Waals surface area contributed by atoms with Gasteiger partial charge in [0.25, 0.3) is 0 Å². The molecule has 4 rings (SSSR count). The van der Waals surface area contributed by atoms with Crippen molar-refractivity contribution in [1.29, 1.82) is 0 Å². The molecule has 0 spiro atoms. The van der Waals surface area contributed by atoms with Gasteiger partial charge in [-0.05, 0) is 35.1 Å². The number of hydrogen-bond acceptors (Lipinski definition) is 6. The summed E-state index contributed by atoms with van der Waals surface area (Å²) in [6.45, 7) is 5.78. The average molecular weight is 795 g/mol. The molecule has 0 aliphatic rings. The minimum Gasteiger partial charge on any atom is -0.343 e. The number of nitrogens with zero attached hydrogens (tertiary/aromatic N) is 2. The van der Waals surface area contributed by atoms with Crippen LogP contribution < -0.4 is 10.6 Å². The van der Waals surface area contributed by atoms with E-state index in [1.54, 1.807) is 9.80 Å². The molecule has 10 heteroatoms. The summed E-state index contributed by atoms with van der Waals surface area (Å²) < 4.78 is 0. The van der Waals surface area contributed by atoms with Crippen molar-refractivity contribution >= 4 is 45.2 Å². The van der Waals surface area contributed by atoms with E-state index in [4.69, 9.17) is 0 Å². The molecule has 56 heavy (non-hydrogen) atoms. The molecule has 0 bridgehead atoms. The molecule has 0 saturated heterocycles. The largest absolute Gasteiger partial charge is 0.343 e. The molecule has 0 aliphatic carbocycles. The Morgan fingerprint density at radius 1 is 0.464 bits per heavy atom. The maximum Gasteiger partial charge on any atom is 0.246 e. The van der Waals surface area contributed by atoms with Gasteiger partial charge in [0, 0.05) is 50.5 Å². The van der Waals surface area contributed by atoms with E-state index in [-0.39, 0.29) is 23.6 Å². The van der Waals surface area contributed by atoms with Crippen LogP contribution in [0, 0.1) is 0 Å². The third kappa shape index (κ3) is 16.3. The number of unbranched alkanes of at least 4 members (excludes halogenated alkanes) is 4. The minimum atomic E-state index is -0.778. The van der Waals surface area contributed by atoms with Crippen molar-refractivity contribution in [2.45, 2.75) is 103 Å². The SMILES string of the molecule is CCCCCC(=O)NC(CSSC[C@H](NC(=O)CCCCC)C(=O)N(Cc1ccccc1)Cc1ccccc1)C(=O)N(Cc1ccccc1)Cc1ccccc1. The van der Waals surface area contributed by atoms with Crippen LogP contribution in [0.5, 0.6) is 0 Å². The van der Waals surface area contributed by atoms with Gasteiger partial charge in [-0.2, -0.15) is 0 Å². The molecule has 4 aromatic rings. The van der Waals surface area contributed by atoms with Gasteiger partial charge in [0.15, 0.2) is 0 Å². The van der Waals surface area contributed by atoms with Gasteiger partial charge in [0.05, 0.1) is 0 Å². The average Bonchev–Trinajstić information content (AvgIpc) is 3.22. The molecule has 0 radical (unpaired) electrons. The standard InChI is InChI=1S/C46H58N4O4S2/c1-3-5-11-29-43(51)47-41(45(53)49(31-37-21-13-7-14-22-37)32-38-23-15-8-16-24-38)35-55-56-36-42(48-44(52)30-12-6-4-2)46(54)50(33-39-25-17-9-18-26-39)34-40-27-19-10-20-28-40/h7-10,13-28,41-42H,3-6,11-12,29-36H2,1-2H3,(H,47,51)(H,48,52)/t41-,42?/m0/s1. The van der Waals surface area contributed by atoms with Crippen molar-refractivity contribution < 1.29 is 19.2 Å². The minimum absolute atomic E-state index is 0.147. The fourth-order valence-corrected chi connectivity index (χ4v) is 8.58. The van der Waals surface area contributed by atoms with E-state index >= 15 is 0 Å². The molecule has 4 amide bonds. The van der Waals surface area contributed by atoms with Crippen LogP contribution in [0.25, 0.3) is 0 Å². The molecule has 0 saturated carbocycles. The van der Waals surface area contributed by atoms with Crippen LogP contribution in [-0.2, 0) is 45.4 Å². The van der Waals surface area contributed by atoms with E-state index in [0.29, 0.717) is 50.5 Å². The first-order valence-corrected chi connectivity index (χ1v) is 22.4. The zero-order chi connectivity index (χ0) is 39.8. The Labute approximate surface area is 342 Å². The first-order valence-electron chi connectivity index (χ1n) is 19.9. The Kier molecular flexibility index (Phi) is 20.2. The van der Waals surface area contributed by atoms with Crippen LogP contribution in [0.2, 0.25) is 0 Å². The summed E-state index contributed by atoms with van der Waals surface area (Å²) in [5.41, 5.74) is 3.99. The maximum atomic E-state index is 14.4. The number of nitrogens with one attached hydrogen (secondary N) is 2. The predicted molar refractivity (Wildman–Crippen MR) is 231 cm³/mol. The van der Waals surface area contributed by atoms with Crippen LogP contribution >= 0.6 is 21.6 Å². The van der Waals surface area contributed by atoms with Crippen molar-refractivity contribution in [1.82, 2.24) is 20.4 Å². The second-order valence-corrected chi connectivity index (χ2v) is 16.6. The fraction of sp³-hybridized carbons (Fsp3) is 0.391. The molecule has 1 unspecified atom stereocenters. The summed E-state index contributed by atoms with van der Waals surface area (Å²) in [6, 6.07) is 37.9. The molecular formula is C46H58N4O4S2. The molecular weight excluding hydrogens is 737 g/mol. The normalized spacial score (nSPS) is 12.0. The van der Waals surface area contributed by atoms with E-state index in [2.05, 4.69) is 24.5 Å². The van der Waals surface area contributed by atoms with E-state index in [0.717, 1.165) is 60.8 Å². The van der Waals surface area contributed by atoms with E-state index in [9.17, 15) is 19.2 Å². The third-order valence-corrected chi connectivity index (χ3v) is 11.7. The number of carbonyl (C=O) groups excluding carboxylic acids is 4. The zero-order valence-electron chi connectivity index (χ0n) is 32.9. The zero-order valence-corrected chi connectivity index (χ0v) is 34.6. The van der Waals surface area contributed by atoms with Gasteiger partial charge in [-0.15, -0.1) is 0 Å². The van der Waals surface area contributed by atoms with E-state index in [1.165, 1.54) is 21.6 Å². The Bertz CT molecular complexity index is 1520. The molecule has 298 valence electrons. The summed E-state index contributed by atoms with van der Waals surface area (Å²) >= 11 is 0. The summed E-state index contributed by atoms with van der Waals surface area (Å²) in [4.78, 5) is 58.9. The molecule has 4 aromatic carbocycles. The van der Waals surface area contributed by atoms with Crippen LogP contribution in [-0.4, -0.2) is 57.0 Å². The van der Waals surface area contributed by atoms with E-state index < -0.39 is 12.1 Å². The number of hydrogen-bond donors (Lipinski definition) is 2. The summed E-state index contributed by atoms with van der Waals surface area (Å²) in [6.07, 6.45) is 6.09. The first kappa shape index (κ1) is 44.2. The van der Waals surface area contributed by atoms with Crippen molar-refractivity contribution in [3.63, 3.8) is 0 Å². The number of carbonyl (C=O) groups is 4. The van der Waals surface area contributed by atoms with Crippen LogP contribution in [0.4, 0.5) is 0 Å². The van der Waals surface area contributed by atoms with Gasteiger partial charge >= 0.3 is 0 Å². The van der Waals surface area contributed by atoms with Gasteiger partial charge in [-0.25, -0.2) is 0 Å². The molecule has 2 atom stereocenters. The number of rotatable bonds is 25. The van der Waals surface area contributed by atoms with Crippen LogP contribution in [0.1, 0.15) is 87.5 Å². The second kappa shape index (κ2) is 25.6. The second-order valence-electron chi connectivity index (χ2n) is 14.1. The lowest BCUT2D eigenvalue weighted by molar-refractivity contribution is -0.137. The molecule has 0 aliphatic heterocycles. The van der Waals surface area contributed by atoms with Gasteiger partial charge in [-0.1, -0.05) is 182 Å². The van der Waals surface area contributed by atoms with Crippen molar-refractivity contribution in [3.05, 3.63) is 144 Å². The van der Waals surface area contributed by atoms with Crippen molar-refractivity contribution in [2.75, 3.05) is 11.5 Å². The summed E-state index contributed by atoms with van der Waals surface area (Å²) in [7, 11) is 2.87. The Balaban J connectivity index is 1.52. The topological polar surface area (TPSA) is 98.8 Å². The molecule has 2 N–H and O–H groups in total. The Morgan fingerprint density at radius 3 is 1.02 bits per heavy atom. The Morgan fingerprint density at radius 2 is 0.750 bits per heavy atom. The predicted octanol–water partition coefficient (Wildman–Crippen LogP) is 8.96. The summed E-state index contributed by atoms with van der Waals surface area (Å²) in [5.74, 6) is -0.0247. The smallest absolute Gasteiger partial charge is 0.246 e. The molecule has 8 nitrogen and oxygen atoms in total. The molecule has 0 aromatic heterocycles. The highest BCUT2D eigenvalue weighted by atomic mass is 33.1. The molecule has 0 heterocycles. The monoisotopic (exact) mass is 794 g/mol. The fourth-order valence-electron chi connectivity index (χ4n) is 6.27. The van der Waals surface area contributed by atoms with Gasteiger partial charge in [-0.3, -0.25) is 19.2 Å². The lowest BCUT2D eigenvalue weighted by Gasteiger charge is -2.29. The number of benzene rings is 4. The number of amides is 4.